The van der Waals surface area contributed by atoms with Crippen LogP contribution < -0.4 is 15.8 Å². The lowest BCUT2D eigenvalue weighted by atomic mass is 10.2. The molecule has 1 aromatic carbocycles. The van der Waals surface area contributed by atoms with E-state index in [0.717, 1.165) is 0 Å². The molecule has 10 heteroatoms. The fourth-order valence-electron chi connectivity index (χ4n) is 1.88. The number of rotatable bonds is 7. The van der Waals surface area contributed by atoms with E-state index in [2.05, 4.69) is 10.3 Å². The molecular weight excluding hydrogens is 424 g/mol. The normalized spacial score (nSPS) is 10.9. The van der Waals surface area contributed by atoms with Crippen LogP contribution in [0.5, 0.6) is 11.6 Å². The zero-order chi connectivity index (χ0) is 17.5. The highest BCUT2D eigenvalue weighted by atomic mass is 35.5. The van der Waals surface area contributed by atoms with E-state index < -0.39 is 0 Å². The zero-order valence-corrected chi connectivity index (χ0v) is 16.9. The summed E-state index contributed by atoms with van der Waals surface area (Å²) in [6, 6.07) is 8.35. The SMILES string of the molecule is COC(CN)CC(=O)Nc1ccc(Oc2ncc(Cl)cc2Cl)cc1.Cl.Cl. The van der Waals surface area contributed by atoms with Gasteiger partial charge in [0.1, 0.15) is 10.8 Å². The monoisotopic (exact) mass is 441 g/mol. The second-order valence-electron chi connectivity index (χ2n) is 4.91. The van der Waals surface area contributed by atoms with Gasteiger partial charge in [-0.3, -0.25) is 4.79 Å². The fraction of sp³-hybridized carbons (Fsp3) is 0.250. The topological polar surface area (TPSA) is 86.5 Å². The van der Waals surface area contributed by atoms with E-state index in [1.54, 1.807) is 30.3 Å². The van der Waals surface area contributed by atoms with Crippen LogP contribution in [0.1, 0.15) is 6.42 Å². The maximum absolute atomic E-state index is 11.9. The molecule has 0 fully saturated rings. The van der Waals surface area contributed by atoms with Crippen LogP contribution in [0.4, 0.5) is 5.69 Å². The van der Waals surface area contributed by atoms with E-state index in [-0.39, 0.29) is 55.7 Å². The minimum atomic E-state index is -0.300. The molecule has 0 radical (unpaired) electrons. The zero-order valence-electron chi connectivity index (χ0n) is 13.8. The molecule has 144 valence electrons. The first kappa shape index (κ1) is 24.7. The van der Waals surface area contributed by atoms with Crippen LogP contribution in [0, 0.1) is 0 Å². The molecule has 0 saturated heterocycles. The largest absolute Gasteiger partial charge is 0.438 e. The van der Waals surface area contributed by atoms with Crippen molar-refractivity contribution in [3.63, 3.8) is 0 Å². The Labute approximate surface area is 174 Å². The van der Waals surface area contributed by atoms with Gasteiger partial charge in [0.2, 0.25) is 11.8 Å². The Hall–Kier alpha value is -1.28. The molecule has 6 nitrogen and oxygen atoms in total. The van der Waals surface area contributed by atoms with Crippen molar-refractivity contribution in [3.8, 4) is 11.6 Å². The van der Waals surface area contributed by atoms with E-state index in [0.29, 0.717) is 21.5 Å². The van der Waals surface area contributed by atoms with Gasteiger partial charge >= 0.3 is 0 Å². The van der Waals surface area contributed by atoms with Gasteiger partial charge in [0.25, 0.3) is 0 Å². The molecule has 1 heterocycles. The lowest BCUT2D eigenvalue weighted by Gasteiger charge is -2.13. The number of nitrogens with zero attached hydrogens (tertiary/aromatic N) is 1. The molecule has 3 N–H and O–H groups in total. The van der Waals surface area contributed by atoms with Crippen LogP contribution in [0.2, 0.25) is 10.0 Å². The molecule has 1 unspecified atom stereocenters. The molecule has 0 aliphatic carbocycles. The van der Waals surface area contributed by atoms with Crippen molar-refractivity contribution in [3.05, 3.63) is 46.6 Å². The number of methoxy groups -OCH3 is 1. The number of anilines is 1. The van der Waals surface area contributed by atoms with Gasteiger partial charge in [0.05, 0.1) is 17.5 Å². The third-order valence-electron chi connectivity index (χ3n) is 3.14. The van der Waals surface area contributed by atoms with E-state index in [1.807, 2.05) is 0 Å². The Bertz CT molecular complexity index is 698. The Kier molecular flexibility index (Phi) is 11.6. The van der Waals surface area contributed by atoms with E-state index in [1.165, 1.54) is 13.3 Å². The molecule has 0 aliphatic rings. The number of carbonyl (C=O) groups is 1. The summed E-state index contributed by atoms with van der Waals surface area (Å²) in [6.45, 7) is 0.283. The van der Waals surface area contributed by atoms with Gasteiger partial charge in [-0.05, 0) is 30.3 Å². The first-order valence-electron chi connectivity index (χ1n) is 7.13. The number of aromatic nitrogens is 1. The van der Waals surface area contributed by atoms with Crippen LogP contribution in [0.25, 0.3) is 0 Å². The number of halogens is 4. The van der Waals surface area contributed by atoms with E-state index >= 15 is 0 Å². The first-order chi connectivity index (χ1) is 11.5. The molecule has 26 heavy (non-hydrogen) atoms. The Morgan fingerprint density at radius 2 is 1.92 bits per heavy atom. The molecule has 0 saturated carbocycles. The predicted molar refractivity (Wildman–Crippen MR) is 108 cm³/mol. The number of amides is 1. The van der Waals surface area contributed by atoms with Crippen molar-refractivity contribution in [2.45, 2.75) is 12.5 Å². The minimum absolute atomic E-state index is 0. The average Bonchev–Trinajstić information content (AvgIpc) is 2.57. The highest BCUT2D eigenvalue weighted by Gasteiger charge is 2.12. The maximum Gasteiger partial charge on any atom is 0.238 e. The lowest BCUT2D eigenvalue weighted by Crippen LogP contribution is -2.28. The summed E-state index contributed by atoms with van der Waals surface area (Å²) in [5.74, 6) is 0.605. The number of ether oxygens (including phenoxy) is 2. The van der Waals surface area contributed by atoms with Crippen LogP contribution >= 0.6 is 48.0 Å². The van der Waals surface area contributed by atoms with Crippen molar-refractivity contribution in [1.29, 1.82) is 0 Å². The number of hydrogen-bond donors (Lipinski definition) is 2. The van der Waals surface area contributed by atoms with Gasteiger partial charge < -0.3 is 20.5 Å². The number of nitrogens with one attached hydrogen (secondary N) is 1. The average molecular weight is 443 g/mol. The lowest BCUT2D eigenvalue weighted by molar-refractivity contribution is -0.118. The van der Waals surface area contributed by atoms with Gasteiger partial charge in [-0.25, -0.2) is 4.98 Å². The molecule has 2 aromatic rings. The van der Waals surface area contributed by atoms with Crippen LogP contribution in [0.15, 0.2) is 36.5 Å². The highest BCUT2D eigenvalue weighted by Crippen LogP contribution is 2.29. The van der Waals surface area contributed by atoms with Gasteiger partial charge in [0.15, 0.2) is 0 Å². The summed E-state index contributed by atoms with van der Waals surface area (Å²) in [5.41, 5.74) is 6.13. The molecule has 0 aliphatic heterocycles. The summed E-state index contributed by atoms with van der Waals surface area (Å²) in [7, 11) is 1.52. The summed E-state index contributed by atoms with van der Waals surface area (Å²) in [6.07, 6.45) is 1.34. The van der Waals surface area contributed by atoms with Crippen LogP contribution in [0.3, 0.4) is 0 Å². The maximum atomic E-state index is 11.9. The van der Waals surface area contributed by atoms with Crippen molar-refractivity contribution in [2.75, 3.05) is 19.0 Å². The predicted octanol–water partition coefficient (Wildman–Crippen LogP) is 4.33. The second kappa shape index (κ2) is 12.2. The molecule has 2 rings (SSSR count). The Morgan fingerprint density at radius 3 is 2.46 bits per heavy atom. The summed E-state index contributed by atoms with van der Waals surface area (Å²) < 4.78 is 10.7. The quantitative estimate of drug-likeness (QED) is 0.666. The summed E-state index contributed by atoms with van der Waals surface area (Å²) in [5, 5.41) is 3.50. The van der Waals surface area contributed by atoms with Crippen molar-refractivity contribution in [2.24, 2.45) is 5.73 Å². The molecular formula is C16H19Cl4N3O3. The minimum Gasteiger partial charge on any atom is -0.438 e. The van der Waals surface area contributed by atoms with Gasteiger partial charge in [-0.2, -0.15) is 0 Å². The highest BCUT2D eigenvalue weighted by molar-refractivity contribution is 6.35. The number of nitrogens with two attached hydrogens (primary N) is 1. The molecule has 1 amide bonds. The van der Waals surface area contributed by atoms with E-state index in [9.17, 15) is 4.79 Å². The van der Waals surface area contributed by atoms with Crippen molar-refractivity contribution >= 4 is 59.6 Å². The second-order valence-corrected chi connectivity index (χ2v) is 5.76. The van der Waals surface area contributed by atoms with Gasteiger partial charge in [-0.1, -0.05) is 23.2 Å². The summed E-state index contributed by atoms with van der Waals surface area (Å²) in [4.78, 5) is 15.9. The smallest absolute Gasteiger partial charge is 0.238 e. The van der Waals surface area contributed by atoms with Gasteiger partial charge in [0, 0.05) is 25.5 Å². The number of hydrogen-bond acceptors (Lipinski definition) is 5. The number of carbonyl (C=O) groups excluding carboxylic acids is 1. The first-order valence-corrected chi connectivity index (χ1v) is 7.89. The number of benzene rings is 1. The number of pyridine rings is 1. The van der Waals surface area contributed by atoms with Crippen LogP contribution in [-0.4, -0.2) is 30.6 Å². The Morgan fingerprint density at radius 1 is 1.27 bits per heavy atom. The van der Waals surface area contributed by atoms with Crippen LogP contribution in [-0.2, 0) is 9.53 Å². The summed E-state index contributed by atoms with van der Waals surface area (Å²) >= 11 is 11.8. The molecule has 1 atom stereocenters. The van der Waals surface area contributed by atoms with Gasteiger partial charge in [-0.15, -0.1) is 24.8 Å². The fourth-order valence-corrected chi connectivity index (χ4v) is 2.30. The molecule has 1 aromatic heterocycles. The third-order valence-corrected chi connectivity index (χ3v) is 3.61. The van der Waals surface area contributed by atoms with E-state index in [4.69, 9.17) is 38.4 Å². The Balaban J connectivity index is 0.00000312. The molecule has 0 bridgehead atoms. The van der Waals surface area contributed by atoms with Crippen molar-refractivity contribution < 1.29 is 14.3 Å². The standard InChI is InChI=1S/C16H17Cl2N3O3.2ClH/c1-23-13(8-19)7-15(22)21-11-2-4-12(5-3-11)24-16-14(18)6-10(17)9-20-16;;/h2-6,9,13H,7-8,19H2,1H3,(H,21,22);2*1H. The van der Waals surface area contributed by atoms with Crippen molar-refractivity contribution in [1.82, 2.24) is 4.98 Å². The third kappa shape index (κ3) is 7.53. The molecule has 0 spiro atoms.